The summed E-state index contributed by atoms with van der Waals surface area (Å²) in [5.74, 6) is 0. The number of rotatable bonds is 3. The van der Waals surface area contributed by atoms with Crippen molar-refractivity contribution in [1.82, 2.24) is 9.38 Å². The lowest BCUT2D eigenvalue weighted by Crippen LogP contribution is -1.94. The Morgan fingerprint density at radius 3 is 2.55 bits per heavy atom. The molecule has 0 aliphatic carbocycles. The summed E-state index contributed by atoms with van der Waals surface area (Å²) in [4.78, 5) is 16.1. The van der Waals surface area contributed by atoms with E-state index in [1.165, 1.54) is 11.1 Å². The van der Waals surface area contributed by atoms with Gasteiger partial charge in [-0.05, 0) is 25.0 Å². The Morgan fingerprint density at radius 1 is 1.15 bits per heavy atom. The van der Waals surface area contributed by atoms with E-state index in [9.17, 15) is 4.79 Å². The minimum Gasteiger partial charge on any atom is -0.296 e. The van der Waals surface area contributed by atoms with Crippen molar-refractivity contribution in [3.8, 4) is 11.3 Å². The molecule has 0 bridgehead atoms. The number of hydrogen-bond acceptors (Lipinski definition) is 2. The highest BCUT2D eigenvalue weighted by Gasteiger charge is 2.13. The van der Waals surface area contributed by atoms with Crippen molar-refractivity contribution in [2.75, 3.05) is 0 Å². The van der Waals surface area contributed by atoms with Gasteiger partial charge in [0.2, 0.25) is 0 Å². The smallest absolute Gasteiger partial charge is 0.169 e. The van der Waals surface area contributed by atoms with E-state index in [4.69, 9.17) is 0 Å². The first kappa shape index (κ1) is 12.6. The van der Waals surface area contributed by atoms with E-state index in [1.54, 1.807) is 0 Å². The van der Waals surface area contributed by atoms with Crippen LogP contribution in [0, 0.1) is 6.92 Å². The van der Waals surface area contributed by atoms with Crippen molar-refractivity contribution in [3.05, 3.63) is 59.4 Å². The summed E-state index contributed by atoms with van der Waals surface area (Å²) in [5.41, 5.74) is 5.51. The minimum absolute atomic E-state index is 0.610. The molecule has 2 heterocycles. The predicted octanol–water partition coefficient (Wildman–Crippen LogP) is 3.68. The number of imidazole rings is 1. The van der Waals surface area contributed by atoms with Gasteiger partial charge in [-0.15, -0.1) is 0 Å². The van der Waals surface area contributed by atoms with Gasteiger partial charge in [0.05, 0.1) is 0 Å². The largest absolute Gasteiger partial charge is 0.296 e. The molecule has 20 heavy (non-hydrogen) atoms. The van der Waals surface area contributed by atoms with Gasteiger partial charge in [-0.1, -0.05) is 42.8 Å². The summed E-state index contributed by atoms with van der Waals surface area (Å²) < 4.78 is 1.88. The fourth-order valence-corrected chi connectivity index (χ4v) is 2.35. The van der Waals surface area contributed by atoms with Crippen molar-refractivity contribution < 1.29 is 4.79 Å². The summed E-state index contributed by atoms with van der Waals surface area (Å²) in [5, 5.41) is 0. The van der Waals surface area contributed by atoms with Crippen molar-refractivity contribution >= 4 is 11.9 Å². The number of hydrogen-bond donors (Lipinski definition) is 0. The third-order valence-corrected chi connectivity index (χ3v) is 3.56. The zero-order valence-corrected chi connectivity index (χ0v) is 11.6. The lowest BCUT2D eigenvalue weighted by atomic mass is 10.1. The molecular weight excluding hydrogens is 248 g/mol. The van der Waals surface area contributed by atoms with Gasteiger partial charge in [-0.25, -0.2) is 4.98 Å². The Hall–Kier alpha value is -2.42. The van der Waals surface area contributed by atoms with Crippen molar-refractivity contribution in [3.63, 3.8) is 0 Å². The van der Waals surface area contributed by atoms with Crippen LogP contribution in [0.2, 0.25) is 0 Å². The number of fused-ring (bicyclic) bond motifs is 1. The molecule has 0 saturated carbocycles. The van der Waals surface area contributed by atoms with Crippen molar-refractivity contribution in [2.24, 2.45) is 0 Å². The Morgan fingerprint density at radius 2 is 1.90 bits per heavy atom. The van der Waals surface area contributed by atoms with Crippen LogP contribution in [-0.4, -0.2) is 15.7 Å². The number of aryl methyl sites for hydroxylation is 2. The normalized spacial score (nSPS) is 10.9. The number of nitrogens with zero attached hydrogens (tertiary/aromatic N) is 2. The van der Waals surface area contributed by atoms with Crippen LogP contribution in [0.3, 0.4) is 0 Å². The van der Waals surface area contributed by atoms with Gasteiger partial charge in [0.25, 0.3) is 0 Å². The van der Waals surface area contributed by atoms with Crippen LogP contribution in [0.1, 0.15) is 28.5 Å². The highest BCUT2D eigenvalue weighted by molar-refractivity contribution is 5.86. The maximum Gasteiger partial charge on any atom is 0.169 e. The Labute approximate surface area is 117 Å². The fraction of sp³-hybridized carbons (Fsp3) is 0.176. The third-order valence-electron chi connectivity index (χ3n) is 3.56. The number of carbonyl (C=O) groups is 1. The van der Waals surface area contributed by atoms with E-state index in [2.05, 4.69) is 18.0 Å². The quantitative estimate of drug-likeness (QED) is 0.676. The van der Waals surface area contributed by atoms with E-state index in [0.717, 1.165) is 29.6 Å². The second kappa shape index (κ2) is 4.93. The minimum atomic E-state index is 0.610. The molecule has 0 unspecified atom stereocenters. The molecule has 0 saturated heterocycles. The molecule has 0 radical (unpaired) electrons. The monoisotopic (exact) mass is 264 g/mol. The van der Waals surface area contributed by atoms with E-state index in [0.29, 0.717) is 5.69 Å². The molecule has 3 nitrogen and oxygen atoms in total. The second-order valence-corrected chi connectivity index (χ2v) is 4.95. The van der Waals surface area contributed by atoms with Gasteiger partial charge in [-0.3, -0.25) is 9.20 Å². The SMILES string of the molecule is CCc1ccc2nc(-c3ccc(C)cc3)c(C=O)n2c1. The first-order chi connectivity index (χ1) is 9.72. The average Bonchev–Trinajstić information content (AvgIpc) is 2.85. The molecule has 0 spiro atoms. The van der Waals surface area contributed by atoms with Gasteiger partial charge in [0.15, 0.2) is 6.29 Å². The summed E-state index contributed by atoms with van der Waals surface area (Å²) in [7, 11) is 0. The molecule has 2 aromatic heterocycles. The van der Waals surface area contributed by atoms with Crippen LogP contribution in [-0.2, 0) is 6.42 Å². The first-order valence-electron chi connectivity index (χ1n) is 6.76. The second-order valence-electron chi connectivity index (χ2n) is 4.95. The Balaban J connectivity index is 2.25. The topological polar surface area (TPSA) is 34.4 Å². The molecule has 0 fully saturated rings. The summed E-state index contributed by atoms with van der Waals surface area (Å²) in [6.07, 6.45) is 3.81. The lowest BCUT2D eigenvalue weighted by molar-refractivity contribution is 0.111. The van der Waals surface area contributed by atoms with Crippen molar-refractivity contribution in [2.45, 2.75) is 20.3 Å². The fourth-order valence-electron chi connectivity index (χ4n) is 2.35. The van der Waals surface area contributed by atoms with Crippen LogP contribution in [0.25, 0.3) is 16.9 Å². The zero-order valence-electron chi connectivity index (χ0n) is 11.6. The van der Waals surface area contributed by atoms with E-state index < -0.39 is 0 Å². The first-order valence-corrected chi connectivity index (χ1v) is 6.76. The molecular formula is C17H16N2O. The number of pyridine rings is 1. The predicted molar refractivity (Wildman–Crippen MR) is 80.1 cm³/mol. The molecule has 100 valence electrons. The zero-order chi connectivity index (χ0) is 14.1. The number of benzene rings is 1. The number of carbonyl (C=O) groups excluding carboxylic acids is 1. The van der Waals surface area contributed by atoms with Gasteiger partial charge in [0, 0.05) is 11.8 Å². The van der Waals surface area contributed by atoms with Crippen LogP contribution < -0.4 is 0 Å². The molecule has 0 N–H and O–H groups in total. The summed E-state index contributed by atoms with van der Waals surface area (Å²) in [6.45, 7) is 4.14. The molecule has 1 aromatic carbocycles. The van der Waals surface area contributed by atoms with Gasteiger partial charge >= 0.3 is 0 Å². The highest BCUT2D eigenvalue weighted by Crippen LogP contribution is 2.24. The summed E-state index contributed by atoms with van der Waals surface area (Å²) >= 11 is 0. The van der Waals surface area contributed by atoms with Gasteiger partial charge < -0.3 is 0 Å². The molecule has 0 aliphatic heterocycles. The lowest BCUT2D eigenvalue weighted by Gasteiger charge is -2.01. The molecule has 0 amide bonds. The number of aldehydes is 1. The highest BCUT2D eigenvalue weighted by atomic mass is 16.1. The third kappa shape index (κ3) is 2.01. The van der Waals surface area contributed by atoms with E-state index in [-0.39, 0.29) is 0 Å². The molecule has 3 heteroatoms. The van der Waals surface area contributed by atoms with Gasteiger partial charge in [-0.2, -0.15) is 0 Å². The Bertz CT molecular complexity index is 770. The van der Waals surface area contributed by atoms with Crippen LogP contribution in [0.4, 0.5) is 0 Å². The molecule has 3 rings (SSSR count). The maximum absolute atomic E-state index is 11.5. The van der Waals surface area contributed by atoms with Gasteiger partial charge in [0.1, 0.15) is 17.0 Å². The van der Waals surface area contributed by atoms with Crippen LogP contribution in [0.5, 0.6) is 0 Å². The van der Waals surface area contributed by atoms with Crippen LogP contribution >= 0.6 is 0 Å². The van der Waals surface area contributed by atoms with Crippen LogP contribution in [0.15, 0.2) is 42.6 Å². The average molecular weight is 264 g/mol. The molecule has 3 aromatic rings. The van der Waals surface area contributed by atoms with E-state index in [1.807, 2.05) is 47.9 Å². The summed E-state index contributed by atoms with van der Waals surface area (Å²) in [6, 6.07) is 12.1. The van der Waals surface area contributed by atoms with Crippen molar-refractivity contribution in [1.29, 1.82) is 0 Å². The molecule has 0 aliphatic rings. The standard InChI is InChI=1S/C17H16N2O/c1-3-13-6-9-16-18-17(15(11-20)19(16)10-13)14-7-4-12(2)5-8-14/h4-11H,3H2,1-2H3. The molecule has 0 atom stereocenters. The number of aromatic nitrogens is 2. The Kier molecular flexibility index (Phi) is 3.11. The van der Waals surface area contributed by atoms with E-state index >= 15 is 0 Å². The maximum atomic E-state index is 11.5.